The van der Waals surface area contributed by atoms with E-state index in [1.54, 1.807) is 12.5 Å². The summed E-state index contributed by atoms with van der Waals surface area (Å²) in [5.41, 5.74) is 4.55. The maximum atomic E-state index is 5.35. The Bertz CT molecular complexity index is 707. The summed E-state index contributed by atoms with van der Waals surface area (Å²) in [6.07, 6.45) is 3.43. The third kappa shape index (κ3) is 1.80. The van der Waals surface area contributed by atoms with Crippen molar-refractivity contribution in [3.63, 3.8) is 0 Å². The molecule has 0 aliphatic carbocycles. The number of aryl methyl sites for hydroxylation is 1. The zero-order valence-electron chi connectivity index (χ0n) is 9.43. The first-order valence-electron chi connectivity index (χ1n) is 5.44. The number of rotatable bonds is 2. The Morgan fingerprint density at radius 3 is 3.00 bits per heavy atom. The van der Waals surface area contributed by atoms with Crippen molar-refractivity contribution >= 4 is 23.3 Å². The number of furan rings is 1. The van der Waals surface area contributed by atoms with Gasteiger partial charge in [-0.1, -0.05) is 6.07 Å². The number of aromatic nitrogens is 2. The number of hydrogen-bond acceptors (Lipinski definition) is 2. The van der Waals surface area contributed by atoms with Crippen LogP contribution in [0.25, 0.3) is 11.0 Å². The SMILES string of the molecule is Cc1ccc2[nH]c(=S)n(Cc3ccoc3)c2c1. The minimum atomic E-state index is 0.735. The molecule has 3 nitrogen and oxygen atoms in total. The van der Waals surface area contributed by atoms with E-state index in [9.17, 15) is 0 Å². The van der Waals surface area contributed by atoms with Crippen LogP contribution in [0.3, 0.4) is 0 Å². The van der Waals surface area contributed by atoms with E-state index in [2.05, 4.69) is 34.7 Å². The van der Waals surface area contributed by atoms with Crippen molar-refractivity contribution in [2.24, 2.45) is 0 Å². The lowest BCUT2D eigenvalue weighted by Gasteiger charge is -2.02. The van der Waals surface area contributed by atoms with Gasteiger partial charge < -0.3 is 14.0 Å². The lowest BCUT2D eigenvalue weighted by molar-refractivity contribution is 0.562. The fraction of sp³-hybridized carbons (Fsp3) is 0.154. The monoisotopic (exact) mass is 244 g/mol. The summed E-state index contributed by atoms with van der Waals surface area (Å²) in [4.78, 5) is 3.21. The van der Waals surface area contributed by atoms with Crippen LogP contribution in [0.2, 0.25) is 0 Å². The van der Waals surface area contributed by atoms with Crippen LogP contribution in [-0.2, 0) is 6.54 Å². The number of fused-ring (bicyclic) bond motifs is 1. The van der Waals surface area contributed by atoms with E-state index >= 15 is 0 Å². The van der Waals surface area contributed by atoms with Crippen molar-refractivity contribution in [1.82, 2.24) is 9.55 Å². The lowest BCUT2D eigenvalue weighted by Crippen LogP contribution is -1.98. The number of aromatic amines is 1. The summed E-state index contributed by atoms with van der Waals surface area (Å²) in [5.74, 6) is 0. The van der Waals surface area contributed by atoms with Gasteiger partial charge in [0.05, 0.1) is 30.1 Å². The van der Waals surface area contributed by atoms with Gasteiger partial charge >= 0.3 is 0 Å². The van der Waals surface area contributed by atoms with Gasteiger partial charge in [0, 0.05) is 5.56 Å². The Hall–Kier alpha value is -1.81. The molecule has 0 radical (unpaired) electrons. The highest BCUT2D eigenvalue weighted by atomic mass is 32.1. The Kier molecular flexibility index (Phi) is 2.37. The van der Waals surface area contributed by atoms with Crippen LogP contribution in [0.15, 0.2) is 41.2 Å². The Morgan fingerprint density at radius 2 is 2.24 bits per heavy atom. The lowest BCUT2D eigenvalue weighted by atomic mass is 10.2. The van der Waals surface area contributed by atoms with Crippen LogP contribution in [0.4, 0.5) is 0 Å². The van der Waals surface area contributed by atoms with Gasteiger partial charge in [-0.05, 0) is 42.9 Å². The van der Waals surface area contributed by atoms with Crippen LogP contribution in [0.5, 0.6) is 0 Å². The Balaban J connectivity index is 2.17. The van der Waals surface area contributed by atoms with Crippen LogP contribution in [0, 0.1) is 11.7 Å². The van der Waals surface area contributed by atoms with Gasteiger partial charge in [0.15, 0.2) is 4.77 Å². The highest BCUT2D eigenvalue weighted by molar-refractivity contribution is 7.71. The van der Waals surface area contributed by atoms with E-state index in [0.29, 0.717) is 0 Å². The van der Waals surface area contributed by atoms with Gasteiger partial charge in [0.25, 0.3) is 0 Å². The van der Waals surface area contributed by atoms with E-state index in [1.165, 1.54) is 5.56 Å². The predicted octanol–water partition coefficient (Wildman–Crippen LogP) is 3.65. The third-order valence-corrected chi connectivity index (χ3v) is 3.17. The van der Waals surface area contributed by atoms with Gasteiger partial charge in [-0.3, -0.25) is 0 Å². The largest absolute Gasteiger partial charge is 0.472 e. The molecule has 0 aliphatic rings. The van der Waals surface area contributed by atoms with Gasteiger partial charge in [-0.25, -0.2) is 0 Å². The Labute approximate surface area is 104 Å². The zero-order valence-corrected chi connectivity index (χ0v) is 10.3. The first-order valence-corrected chi connectivity index (χ1v) is 5.85. The van der Waals surface area contributed by atoms with Gasteiger partial charge in [0.1, 0.15) is 0 Å². The predicted molar refractivity (Wildman–Crippen MR) is 69.7 cm³/mol. The smallest absolute Gasteiger partial charge is 0.178 e. The topological polar surface area (TPSA) is 33.9 Å². The standard InChI is InChI=1S/C13H12N2OS/c1-9-2-3-11-12(6-9)15(13(17)14-11)7-10-4-5-16-8-10/h2-6,8H,7H2,1H3,(H,14,17). The van der Waals surface area contributed by atoms with Gasteiger partial charge in [-0.2, -0.15) is 0 Å². The normalized spacial score (nSPS) is 11.1. The van der Waals surface area contributed by atoms with Gasteiger partial charge in [-0.15, -0.1) is 0 Å². The van der Waals surface area contributed by atoms with Crippen LogP contribution in [-0.4, -0.2) is 9.55 Å². The van der Waals surface area contributed by atoms with E-state index in [4.69, 9.17) is 16.6 Å². The molecule has 2 heterocycles. The van der Waals surface area contributed by atoms with Crippen molar-refractivity contribution in [3.8, 4) is 0 Å². The molecule has 0 spiro atoms. The molecule has 0 atom stereocenters. The summed E-state index contributed by atoms with van der Waals surface area (Å²) < 4.78 is 7.91. The highest BCUT2D eigenvalue weighted by Gasteiger charge is 2.05. The number of benzene rings is 1. The molecule has 0 saturated heterocycles. The van der Waals surface area contributed by atoms with Crippen molar-refractivity contribution in [3.05, 3.63) is 52.7 Å². The number of nitrogens with zero attached hydrogens (tertiary/aromatic N) is 1. The van der Waals surface area contributed by atoms with E-state index < -0.39 is 0 Å². The fourth-order valence-electron chi connectivity index (χ4n) is 1.98. The summed E-state index contributed by atoms with van der Waals surface area (Å²) in [6.45, 7) is 2.82. The molecule has 0 unspecified atom stereocenters. The second kappa shape index (κ2) is 3.89. The van der Waals surface area contributed by atoms with E-state index in [1.807, 2.05) is 6.07 Å². The molecule has 86 valence electrons. The highest BCUT2D eigenvalue weighted by Crippen LogP contribution is 2.17. The summed E-state index contributed by atoms with van der Waals surface area (Å²) >= 11 is 5.35. The number of imidazole rings is 1. The molecule has 0 saturated carbocycles. The summed E-state index contributed by atoms with van der Waals surface area (Å²) in [5, 5.41) is 0. The zero-order chi connectivity index (χ0) is 11.8. The minimum Gasteiger partial charge on any atom is -0.472 e. The molecule has 3 aromatic rings. The van der Waals surface area contributed by atoms with Crippen molar-refractivity contribution in [2.75, 3.05) is 0 Å². The molecule has 1 N–H and O–H groups in total. The van der Waals surface area contributed by atoms with Gasteiger partial charge in [0.2, 0.25) is 0 Å². The first-order chi connectivity index (χ1) is 8.24. The Morgan fingerprint density at radius 1 is 1.35 bits per heavy atom. The molecule has 3 rings (SSSR count). The quantitative estimate of drug-likeness (QED) is 0.698. The number of nitrogens with one attached hydrogen (secondary N) is 1. The molecule has 0 aliphatic heterocycles. The maximum absolute atomic E-state index is 5.35. The fourth-order valence-corrected chi connectivity index (χ4v) is 2.26. The first kappa shape index (κ1) is 10.4. The molecule has 0 amide bonds. The molecule has 1 aromatic carbocycles. The number of hydrogen-bond donors (Lipinski definition) is 1. The summed E-state index contributed by atoms with van der Waals surface area (Å²) in [7, 11) is 0. The molecule has 0 bridgehead atoms. The van der Waals surface area contributed by atoms with Crippen LogP contribution in [0.1, 0.15) is 11.1 Å². The average Bonchev–Trinajstić information content (AvgIpc) is 2.90. The molecular weight excluding hydrogens is 232 g/mol. The molecule has 17 heavy (non-hydrogen) atoms. The van der Waals surface area contributed by atoms with Crippen molar-refractivity contribution in [1.29, 1.82) is 0 Å². The second-order valence-electron chi connectivity index (χ2n) is 4.17. The van der Waals surface area contributed by atoms with Crippen molar-refractivity contribution < 1.29 is 4.42 Å². The minimum absolute atomic E-state index is 0.735. The molecule has 2 aromatic heterocycles. The molecular formula is C13H12N2OS. The number of H-pyrrole nitrogens is 1. The van der Waals surface area contributed by atoms with E-state index in [0.717, 1.165) is 27.9 Å². The van der Waals surface area contributed by atoms with Crippen LogP contribution < -0.4 is 0 Å². The third-order valence-electron chi connectivity index (χ3n) is 2.85. The van der Waals surface area contributed by atoms with Crippen LogP contribution >= 0.6 is 12.2 Å². The second-order valence-corrected chi connectivity index (χ2v) is 4.56. The van der Waals surface area contributed by atoms with Crippen molar-refractivity contribution in [2.45, 2.75) is 13.5 Å². The molecule has 4 heteroatoms. The molecule has 0 fully saturated rings. The summed E-state index contributed by atoms with van der Waals surface area (Å²) in [6, 6.07) is 8.24. The average molecular weight is 244 g/mol. The maximum Gasteiger partial charge on any atom is 0.178 e. The van der Waals surface area contributed by atoms with E-state index in [-0.39, 0.29) is 0 Å².